The lowest BCUT2D eigenvalue weighted by molar-refractivity contribution is -0.118. The highest BCUT2D eigenvalue weighted by atomic mass is 16.7. The molecule has 2 heterocycles. The molecule has 2 aromatic carbocycles. The summed E-state index contributed by atoms with van der Waals surface area (Å²) in [5.74, 6) is 1.39. The first-order valence-corrected chi connectivity index (χ1v) is 7.40. The molecule has 0 atom stereocenters. The minimum atomic E-state index is -0.231. The van der Waals surface area contributed by atoms with Crippen LogP contribution in [0.3, 0.4) is 0 Å². The smallest absolute Gasteiger partial charge is 0.242 e. The summed E-state index contributed by atoms with van der Waals surface area (Å²) in [6.45, 7) is 1.60. The molecule has 0 unspecified atom stereocenters. The molecule has 0 saturated heterocycles. The molecule has 7 nitrogen and oxygen atoms in total. The number of hydrogen-bond donors (Lipinski definition) is 2. The summed E-state index contributed by atoms with van der Waals surface area (Å²) in [4.78, 5) is 20.1. The Morgan fingerprint density at radius 2 is 1.83 bits per heavy atom. The molecule has 0 saturated carbocycles. The quantitative estimate of drug-likeness (QED) is 0.721. The number of amides is 1. The van der Waals surface area contributed by atoms with Gasteiger partial charge >= 0.3 is 0 Å². The van der Waals surface area contributed by atoms with Gasteiger partial charge in [-0.3, -0.25) is 15.6 Å². The lowest BCUT2D eigenvalue weighted by Gasteiger charge is -2.11. The van der Waals surface area contributed by atoms with Crippen LogP contribution in [-0.2, 0) is 4.79 Å². The monoisotopic (exact) mass is 322 g/mol. The molecule has 1 aromatic heterocycles. The van der Waals surface area contributed by atoms with E-state index in [1.54, 1.807) is 0 Å². The average Bonchev–Trinajstić information content (AvgIpc) is 3.05. The van der Waals surface area contributed by atoms with E-state index in [0.29, 0.717) is 23.0 Å². The van der Waals surface area contributed by atoms with Crippen molar-refractivity contribution < 1.29 is 14.3 Å². The number of nitrogens with zero attached hydrogens (tertiary/aromatic N) is 2. The number of benzene rings is 2. The highest BCUT2D eigenvalue weighted by Gasteiger charge is 2.18. The molecule has 0 fully saturated rings. The maximum atomic E-state index is 11.1. The topological polar surface area (TPSA) is 85.4 Å². The molecule has 120 valence electrons. The summed E-state index contributed by atoms with van der Waals surface area (Å²) in [5, 5.41) is 0.846. The van der Waals surface area contributed by atoms with Gasteiger partial charge in [0.25, 0.3) is 0 Å². The van der Waals surface area contributed by atoms with Crippen molar-refractivity contribution in [3.05, 3.63) is 42.5 Å². The highest BCUT2D eigenvalue weighted by Crippen LogP contribution is 2.38. The van der Waals surface area contributed by atoms with Crippen molar-refractivity contribution in [2.75, 3.05) is 12.2 Å². The molecule has 0 spiro atoms. The molecule has 0 radical (unpaired) electrons. The minimum Gasteiger partial charge on any atom is -0.454 e. The van der Waals surface area contributed by atoms with Crippen LogP contribution in [0, 0.1) is 0 Å². The number of aromatic nitrogens is 2. The van der Waals surface area contributed by atoms with Gasteiger partial charge in [0.2, 0.25) is 18.6 Å². The van der Waals surface area contributed by atoms with Crippen LogP contribution < -0.4 is 20.3 Å². The van der Waals surface area contributed by atoms with E-state index in [1.165, 1.54) is 6.92 Å². The zero-order valence-corrected chi connectivity index (χ0v) is 12.9. The van der Waals surface area contributed by atoms with E-state index in [9.17, 15) is 4.79 Å². The Morgan fingerprint density at radius 3 is 2.58 bits per heavy atom. The zero-order chi connectivity index (χ0) is 16.5. The molecule has 1 amide bonds. The summed E-state index contributed by atoms with van der Waals surface area (Å²) in [7, 11) is 0. The van der Waals surface area contributed by atoms with Crippen LogP contribution in [-0.4, -0.2) is 22.7 Å². The van der Waals surface area contributed by atoms with E-state index < -0.39 is 0 Å². The van der Waals surface area contributed by atoms with Crippen LogP contribution in [0.15, 0.2) is 42.5 Å². The molecule has 0 bridgehead atoms. The van der Waals surface area contributed by atoms with Crippen molar-refractivity contribution in [2.45, 2.75) is 6.92 Å². The Hall–Kier alpha value is -3.35. The summed E-state index contributed by atoms with van der Waals surface area (Å²) >= 11 is 0. The molecule has 1 aliphatic heterocycles. The van der Waals surface area contributed by atoms with E-state index >= 15 is 0 Å². The van der Waals surface area contributed by atoms with E-state index in [-0.39, 0.29) is 12.7 Å². The first kappa shape index (κ1) is 14.3. The van der Waals surface area contributed by atoms with Crippen molar-refractivity contribution in [2.24, 2.45) is 0 Å². The third kappa shape index (κ3) is 2.56. The number of carbonyl (C=O) groups is 1. The largest absolute Gasteiger partial charge is 0.454 e. The summed E-state index contributed by atoms with van der Waals surface area (Å²) in [6, 6.07) is 13.4. The number of hydrogen-bond acceptors (Lipinski definition) is 6. The number of ether oxygens (including phenoxy) is 2. The van der Waals surface area contributed by atoms with E-state index in [2.05, 4.69) is 20.8 Å². The maximum Gasteiger partial charge on any atom is 0.242 e. The number of rotatable bonds is 3. The first-order chi connectivity index (χ1) is 11.7. The third-order valence-electron chi connectivity index (χ3n) is 3.59. The maximum absolute atomic E-state index is 11.1. The Labute approximate surface area is 137 Å². The molecular weight excluding hydrogens is 308 g/mol. The summed E-state index contributed by atoms with van der Waals surface area (Å²) in [6.07, 6.45) is 0. The molecule has 4 rings (SSSR count). The lowest BCUT2D eigenvalue weighted by atomic mass is 10.1. The summed E-state index contributed by atoms with van der Waals surface area (Å²) in [5.41, 5.74) is 7.59. The second kappa shape index (κ2) is 5.69. The standard InChI is InChI=1S/C17H14N4O3/c1-10(22)20-21-17-18-13-8-15-14(23-9-24-15)7-12(13)16(19-17)11-5-3-2-4-6-11/h2-8H,9H2,1H3,(H,20,22)(H,18,19,21). The minimum absolute atomic E-state index is 0.191. The van der Waals surface area contributed by atoms with Crippen LogP contribution in [0.25, 0.3) is 22.2 Å². The van der Waals surface area contributed by atoms with E-state index in [1.807, 2.05) is 42.5 Å². The second-order valence-corrected chi connectivity index (χ2v) is 5.29. The van der Waals surface area contributed by atoms with Gasteiger partial charge in [-0.15, -0.1) is 0 Å². The van der Waals surface area contributed by atoms with Crippen LogP contribution >= 0.6 is 0 Å². The fourth-order valence-electron chi connectivity index (χ4n) is 2.53. The lowest BCUT2D eigenvalue weighted by Crippen LogP contribution is -2.27. The van der Waals surface area contributed by atoms with Crippen molar-refractivity contribution >= 4 is 22.8 Å². The SMILES string of the molecule is CC(=O)NNc1nc(-c2ccccc2)c2cc3c(cc2n1)OCO3. The van der Waals surface area contributed by atoms with Crippen molar-refractivity contribution in [1.29, 1.82) is 0 Å². The molecule has 7 heteroatoms. The zero-order valence-electron chi connectivity index (χ0n) is 12.9. The Balaban J connectivity index is 1.91. The Bertz CT molecular complexity index is 928. The Morgan fingerprint density at radius 1 is 1.08 bits per heavy atom. The third-order valence-corrected chi connectivity index (χ3v) is 3.59. The second-order valence-electron chi connectivity index (χ2n) is 5.29. The van der Waals surface area contributed by atoms with Gasteiger partial charge in [-0.2, -0.15) is 0 Å². The van der Waals surface area contributed by atoms with Gasteiger partial charge in [-0.05, 0) is 6.07 Å². The Kier molecular flexibility index (Phi) is 3.38. The predicted molar refractivity (Wildman–Crippen MR) is 88.5 cm³/mol. The van der Waals surface area contributed by atoms with Gasteiger partial charge in [0.1, 0.15) is 0 Å². The van der Waals surface area contributed by atoms with E-state index in [4.69, 9.17) is 9.47 Å². The van der Waals surface area contributed by atoms with Gasteiger partial charge in [0, 0.05) is 23.9 Å². The van der Waals surface area contributed by atoms with Crippen LogP contribution in [0.2, 0.25) is 0 Å². The normalized spacial score (nSPS) is 12.2. The molecule has 1 aliphatic rings. The van der Waals surface area contributed by atoms with Gasteiger partial charge in [-0.1, -0.05) is 30.3 Å². The fraction of sp³-hybridized carbons (Fsp3) is 0.118. The number of nitrogens with one attached hydrogen (secondary N) is 2. The van der Waals surface area contributed by atoms with Crippen molar-refractivity contribution in [3.8, 4) is 22.8 Å². The van der Waals surface area contributed by atoms with Gasteiger partial charge < -0.3 is 9.47 Å². The average molecular weight is 322 g/mol. The summed E-state index contributed by atoms with van der Waals surface area (Å²) < 4.78 is 10.9. The number of anilines is 1. The van der Waals surface area contributed by atoms with Crippen LogP contribution in [0.5, 0.6) is 11.5 Å². The van der Waals surface area contributed by atoms with Gasteiger partial charge in [-0.25, -0.2) is 9.97 Å². The molecule has 2 N–H and O–H groups in total. The number of fused-ring (bicyclic) bond motifs is 2. The predicted octanol–water partition coefficient (Wildman–Crippen LogP) is 2.49. The number of carbonyl (C=O) groups excluding carboxylic acids is 1. The molecule has 24 heavy (non-hydrogen) atoms. The van der Waals surface area contributed by atoms with E-state index in [0.717, 1.165) is 16.6 Å². The molecular formula is C17H14N4O3. The van der Waals surface area contributed by atoms with Crippen molar-refractivity contribution in [3.63, 3.8) is 0 Å². The first-order valence-electron chi connectivity index (χ1n) is 7.40. The molecule has 0 aliphatic carbocycles. The van der Waals surface area contributed by atoms with Crippen molar-refractivity contribution in [1.82, 2.24) is 15.4 Å². The van der Waals surface area contributed by atoms with Gasteiger partial charge in [0.05, 0.1) is 11.2 Å². The highest BCUT2D eigenvalue weighted by molar-refractivity contribution is 5.95. The molecule has 3 aromatic rings. The number of hydrazine groups is 1. The fourth-order valence-corrected chi connectivity index (χ4v) is 2.53. The van der Waals surface area contributed by atoms with Crippen LogP contribution in [0.1, 0.15) is 6.92 Å². The van der Waals surface area contributed by atoms with Gasteiger partial charge in [0.15, 0.2) is 11.5 Å². The van der Waals surface area contributed by atoms with Crippen LogP contribution in [0.4, 0.5) is 5.95 Å².